The molecule has 3 nitrogen and oxygen atoms in total. The molecule has 24 heavy (non-hydrogen) atoms. The van der Waals surface area contributed by atoms with Crippen LogP contribution in [0, 0.1) is 0 Å². The molecule has 0 amide bonds. The molecule has 1 aromatic carbocycles. The smallest absolute Gasteiger partial charge is 0.190 e. The van der Waals surface area contributed by atoms with E-state index in [9.17, 15) is 4.79 Å². The zero-order valence-corrected chi connectivity index (χ0v) is 15.5. The fraction of sp³-hybridized carbons (Fsp3) is 0.421. The van der Waals surface area contributed by atoms with Gasteiger partial charge >= 0.3 is 0 Å². The van der Waals surface area contributed by atoms with E-state index in [-0.39, 0.29) is 5.78 Å². The Bertz CT molecular complexity index is 616. The number of halogens is 1. The van der Waals surface area contributed by atoms with Gasteiger partial charge in [-0.15, -0.1) is 22.9 Å². The summed E-state index contributed by atoms with van der Waals surface area (Å²) in [5.74, 6) is 0.993. The molecular formula is C19H24ClNO2S. The number of ketones is 1. The van der Waals surface area contributed by atoms with Gasteiger partial charge in [-0.3, -0.25) is 4.79 Å². The number of alkyl halides is 1. The van der Waals surface area contributed by atoms with Crippen molar-refractivity contribution < 1.29 is 9.53 Å². The lowest BCUT2D eigenvalue weighted by atomic mass is 10.1. The largest absolute Gasteiger partial charge is 0.496 e. The molecule has 1 N–H and O–H groups in total. The molecule has 2 aromatic rings. The predicted octanol–water partition coefficient (Wildman–Crippen LogP) is 4.55. The van der Waals surface area contributed by atoms with Crippen LogP contribution in [-0.2, 0) is 6.42 Å². The van der Waals surface area contributed by atoms with E-state index in [1.165, 1.54) is 16.9 Å². The molecule has 0 radical (unpaired) electrons. The normalized spacial score (nSPS) is 12.1. The first kappa shape index (κ1) is 19.0. The Morgan fingerprint density at radius 2 is 2.04 bits per heavy atom. The lowest BCUT2D eigenvalue weighted by Gasteiger charge is -2.10. The number of para-hydroxylation sites is 1. The van der Waals surface area contributed by atoms with Gasteiger partial charge in [0.2, 0.25) is 0 Å². The summed E-state index contributed by atoms with van der Waals surface area (Å²) in [6, 6.07) is 11.8. The molecular weight excluding hydrogens is 342 g/mol. The fourth-order valence-electron chi connectivity index (χ4n) is 2.54. The number of carbonyl (C=O) groups is 1. The van der Waals surface area contributed by atoms with Crippen LogP contribution < -0.4 is 10.1 Å². The first-order chi connectivity index (χ1) is 11.7. The van der Waals surface area contributed by atoms with Crippen molar-refractivity contribution in [2.24, 2.45) is 0 Å². The second-order valence-electron chi connectivity index (χ2n) is 5.62. The molecule has 0 spiro atoms. The number of Topliss-reactive ketones (excluding diaryl/α,β-unsaturated/α-hetero) is 1. The van der Waals surface area contributed by atoms with Crippen LogP contribution in [-0.4, -0.2) is 31.4 Å². The highest BCUT2D eigenvalue weighted by Crippen LogP contribution is 2.18. The number of ether oxygens (including phenoxy) is 1. The Kier molecular flexibility index (Phi) is 8.29. The van der Waals surface area contributed by atoms with Crippen LogP contribution in [0.3, 0.4) is 0 Å². The van der Waals surface area contributed by atoms with Crippen LogP contribution in [0.5, 0.6) is 5.75 Å². The number of methoxy groups -OCH3 is 1. The van der Waals surface area contributed by atoms with Crippen molar-refractivity contribution in [3.63, 3.8) is 0 Å². The molecule has 0 aliphatic heterocycles. The van der Waals surface area contributed by atoms with E-state index in [2.05, 4.69) is 11.4 Å². The Labute approximate surface area is 153 Å². The van der Waals surface area contributed by atoms with E-state index in [0.29, 0.717) is 0 Å². The van der Waals surface area contributed by atoms with Crippen molar-refractivity contribution in [2.45, 2.75) is 31.1 Å². The van der Waals surface area contributed by atoms with E-state index < -0.39 is 5.38 Å². The zero-order valence-electron chi connectivity index (χ0n) is 14.0. The van der Waals surface area contributed by atoms with Gasteiger partial charge in [0.05, 0.1) is 17.4 Å². The van der Waals surface area contributed by atoms with Gasteiger partial charge in [-0.1, -0.05) is 30.7 Å². The number of rotatable bonds is 11. The summed E-state index contributed by atoms with van der Waals surface area (Å²) in [5.41, 5.74) is 1.22. The molecule has 0 saturated heterocycles. The molecule has 0 saturated carbocycles. The summed E-state index contributed by atoms with van der Waals surface area (Å²) in [5, 5.41) is 4.93. The molecule has 1 unspecified atom stereocenters. The molecule has 0 aliphatic rings. The van der Waals surface area contributed by atoms with Crippen LogP contribution in [0.1, 0.15) is 34.5 Å². The maximum atomic E-state index is 12.0. The molecule has 0 fully saturated rings. The summed E-state index contributed by atoms with van der Waals surface area (Å²) in [4.78, 5) is 12.8. The average molecular weight is 366 g/mol. The SMILES string of the molecule is COc1ccccc1CCNCCCCC(Cl)C(=O)c1cccs1. The van der Waals surface area contributed by atoms with Crippen molar-refractivity contribution in [2.75, 3.05) is 20.2 Å². The number of hydrogen-bond acceptors (Lipinski definition) is 4. The highest BCUT2D eigenvalue weighted by atomic mass is 35.5. The van der Waals surface area contributed by atoms with Gasteiger partial charge in [0.15, 0.2) is 5.78 Å². The van der Waals surface area contributed by atoms with E-state index >= 15 is 0 Å². The molecule has 1 atom stereocenters. The van der Waals surface area contributed by atoms with Crippen molar-refractivity contribution >= 4 is 28.7 Å². The Morgan fingerprint density at radius 3 is 2.79 bits per heavy atom. The molecule has 1 aromatic heterocycles. The minimum Gasteiger partial charge on any atom is -0.496 e. The number of carbonyl (C=O) groups excluding carboxylic acids is 1. The molecule has 1 heterocycles. The van der Waals surface area contributed by atoms with Gasteiger partial charge in [0.25, 0.3) is 0 Å². The minimum absolute atomic E-state index is 0.0517. The predicted molar refractivity (Wildman–Crippen MR) is 102 cm³/mol. The van der Waals surface area contributed by atoms with Crippen LogP contribution in [0.25, 0.3) is 0 Å². The van der Waals surface area contributed by atoms with Crippen molar-refractivity contribution in [1.82, 2.24) is 5.32 Å². The molecule has 5 heteroatoms. The highest BCUT2D eigenvalue weighted by Gasteiger charge is 2.17. The minimum atomic E-state index is -0.405. The fourth-order valence-corrected chi connectivity index (χ4v) is 3.59. The topological polar surface area (TPSA) is 38.3 Å². The second-order valence-corrected chi connectivity index (χ2v) is 7.09. The Balaban J connectivity index is 1.56. The molecule has 2 rings (SSSR count). The van der Waals surface area contributed by atoms with E-state index in [4.69, 9.17) is 16.3 Å². The highest BCUT2D eigenvalue weighted by molar-refractivity contribution is 7.12. The summed E-state index contributed by atoms with van der Waals surface area (Å²) in [6.45, 7) is 1.85. The summed E-state index contributed by atoms with van der Waals surface area (Å²) in [6.07, 6.45) is 3.64. The van der Waals surface area contributed by atoms with Gasteiger partial charge in [0, 0.05) is 0 Å². The van der Waals surface area contributed by atoms with Gasteiger partial charge < -0.3 is 10.1 Å². The first-order valence-corrected chi connectivity index (χ1v) is 9.58. The maximum absolute atomic E-state index is 12.0. The van der Waals surface area contributed by atoms with E-state index in [1.807, 2.05) is 35.7 Å². The lowest BCUT2D eigenvalue weighted by Crippen LogP contribution is -2.19. The van der Waals surface area contributed by atoms with Crippen LogP contribution >= 0.6 is 22.9 Å². The number of hydrogen-bond donors (Lipinski definition) is 1. The maximum Gasteiger partial charge on any atom is 0.190 e. The molecule has 0 bridgehead atoms. The molecule has 130 valence electrons. The number of nitrogens with one attached hydrogen (secondary N) is 1. The summed E-state index contributed by atoms with van der Waals surface area (Å²) < 4.78 is 5.35. The number of benzene rings is 1. The third-order valence-corrected chi connectivity index (χ3v) is 5.17. The monoisotopic (exact) mass is 365 g/mol. The van der Waals surface area contributed by atoms with Crippen molar-refractivity contribution in [1.29, 1.82) is 0 Å². The van der Waals surface area contributed by atoms with Crippen LogP contribution in [0.4, 0.5) is 0 Å². The third kappa shape index (κ3) is 5.93. The van der Waals surface area contributed by atoms with Crippen molar-refractivity contribution in [3.05, 3.63) is 52.2 Å². The van der Waals surface area contributed by atoms with Gasteiger partial charge in [-0.25, -0.2) is 0 Å². The third-order valence-electron chi connectivity index (χ3n) is 3.87. The van der Waals surface area contributed by atoms with Crippen LogP contribution in [0.2, 0.25) is 0 Å². The lowest BCUT2D eigenvalue weighted by molar-refractivity contribution is 0.0987. The number of unbranched alkanes of at least 4 members (excludes halogenated alkanes) is 1. The molecule has 0 aliphatic carbocycles. The Morgan fingerprint density at radius 1 is 1.21 bits per heavy atom. The number of thiophene rings is 1. The van der Waals surface area contributed by atoms with Gasteiger partial charge in [0.1, 0.15) is 5.75 Å². The average Bonchev–Trinajstić information content (AvgIpc) is 3.15. The zero-order chi connectivity index (χ0) is 17.2. The summed E-state index contributed by atoms with van der Waals surface area (Å²) in [7, 11) is 1.70. The van der Waals surface area contributed by atoms with Crippen molar-refractivity contribution in [3.8, 4) is 5.75 Å². The second kappa shape index (κ2) is 10.5. The van der Waals surface area contributed by atoms with Gasteiger partial charge in [-0.05, 0) is 55.4 Å². The standard InChI is InChI=1S/C19H24ClNO2S/c1-23-17-9-3-2-7-15(17)11-13-21-12-5-4-8-16(20)19(22)18-10-6-14-24-18/h2-3,6-7,9-10,14,16,21H,4-5,8,11-13H2,1H3. The van der Waals surface area contributed by atoms with E-state index in [0.717, 1.165) is 49.4 Å². The van der Waals surface area contributed by atoms with E-state index in [1.54, 1.807) is 7.11 Å². The van der Waals surface area contributed by atoms with Gasteiger partial charge in [-0.2, -0.15) is 0 Å². The summed E-state index contributed by atoms with van der Waals surface area (Å²) >= 11 is 7.65. The quantitative estimate of drug-likeness (QED) is 0.360. The first-order valence-electron chi connectivity index (χ1n) is 8.26. The Hall–Kier alpha value is -1.36. The van der Waals surface area contributed by atoms with Crippen LogP contribution in [0.15, 0.2) is 41.8 Å².